The van der Waals surface area contributed by atoms with Crippen molar-refractivity contribution in [3.05, 3.63) is 52.0 Å². The van der Waals surface area contributed by atoms with Crippen LogP contribution in [0.3, 0.4) is 0 Å². The summed E-state index contributed by atoms with van der Waals surface area (Å²) in [5.41, 5.74) is 1.89. The summed E-state index contributed by atoms with van der Waals surface area (Å²) < 4.78 is 0. The number of aromatic nitrogens is 1. The Morgan fingerprint density at radius 3 is 2.92 bits per heavy atom. The van der Waals surface area contributed by atoms with E-state index in [-0.39, 0.29) is 17.9 Å². The first kappa shape index (κ1) is 16.6. The van der Waals surface area contributed by atoms with E-state index in [1.165, 1.54) is 6.92 Å². The highest BCUT2D eigenvalue weighted by Gasteiger charge is 2.30. The van der Waals surface area contributed by atoms with E-state index in [9.17, 15) is 9.59 Å². The lowest BCUT2D eigenvalue weighted by Crippen LogP contribution is -2.32. The average molecular weight is 343 g/mol. The lowest BCUT2D eigenvalue weighted by Gasteiger charge is -2.24. The van der Waals surface area contributed by atoms with Gasteiger partial charge in [0.2, 0.25) is 11.8 Å². The van der Waals surface area contributed by atoms with Crippen LogP contribution in [0.1, 0.15) is 41.9 Å². The van der Waals surface area contributed by atoms with Gasteiger partial charge in [0.25, 0.3) is 0 Å². The van der Waals surface area contributed by atoms with Crippen LogP contribution in [0.5, 0.6) is 0 Å². The van der Waals surface area contributed by atoms with Crippen molar-refractivity contribution < 1.29 is 9.59 Å². The van der Waals surface area contributed by atoms with E-state index in [1.807, 2.05) is 34.5 Å². The van der Waals surface area contributed by atoms with Crippen molar-refractivity contribution in [2.24, 2.45) is 0 Å². The zero-order valence-electron chi connectivity index (χ0n) is 13.7. The summed E-state index contributed by atoms with van der Waals surface area (Å²) in [6.45, 7) is 2.77. The molecule has 0 aromatic carbocycles. The number of nitrogens with one attached hydrogen (secondary N) is 1. The number of hydrogen-bond donors (Lipinski definition) is 1. The Morgan fingerprint density at radius 2 is 2.25 bits per heavy atom. The van der Waals surface area contributed by atoms with Gasteiger partial charge in [0.1, 0.15) is 0 Å². The van der Waals surface area contributed by atoms with Gasteiger partial charge in [-0.25, -0.2) is 0 Å². The topological polar surface area (TPSA) is 62.3 Å². The summed E-state index contributed by atoms with van der Waals surface area (Å²) in [7, 11) is 0. The summed E-state index contributed by atoms with van der Waals surface area (Å²) in [5.74, 6) is 0.115. The van der Waals surface area contributed by atoms with Gasteiger partial charge in [0.15, 0.2) is 0 Å². The predicted molar refractivity (Wildman–Crippen MR) is 93.5 cm³/mol. The Hall–Kier alpha value is -2.21. The molecule has 1 aliphatic rings. The molecule has 1 aliphatic heterocycles. The molecule has 24 heavy (non-hydrogen) atoms. The van der Waals surface area contributed by atoms with E-state index in [4.69, 9.17) is 0 Å². The Kier molecular flexibility index (Phi) is 5.25. The number of amides is 2. The summed E-state index contributed by atoms with van der Waals surface area (Å²) in [6, 6.07) is 7.98. The number of carbonyl (C=O) groups excluding carboxylic acids is 2. The summed E-state index contributed by atoms with van der Waals surface area (Å²) >= 11 is 1.62. The van der Waals surface area contributed by atoms with E-state index >= 15 is 0 Å². The fourth-order valence-electron chi connectivity index (χ4n) is 3.00. The van der Waals surface area contributed by atoms with Crippen molar-refractivity contribution in [1.29, 1.82) is 0 Å². The molecule has 2 amide bonds. The van der Waals surface area contributed by atoms with Crippen molar-refractivity contribution in [2.75, 3.05) is 6.54 Å². The smallest absolute Gasteiger partial charge is 0.228 e. The number of pyridine rings is 1. The quantitative estimate of drug-likeness (QED) is 0.908. The fourth-order valence-corrected chi connectivity index (χ4v) is 3.70. The molecule has 6 heteroatoms. The third kappa shape index (κ3) is 4.00. The third-order valence-electron chi connectivity index (χ3n) is 4.21. The first-order valence-corrected chi connectivity index (χ1v) is 9.02. The summed E-state index contributed by atoms with van der Waals surface area (Å²) in [6.07, 6.45) is 4.21. The lowest BCUT2D eigenvalue weighted by molar-refractivity contribution is -0.131. The second kappa shape index (κ2) is 7.57. The van der Waals surface area contributed by atoms with Crippen LogP contribution in [0.15, 0.2) is 35.8 Å². The molecule has 1 atom stereocenters. The molecule has 126 valence electrons. The molecule has 5 nitrogen and oxygen atoms in total. The molecule has 1 fully saturated rings. The molecular weight excluding hydrogens is 322 g/mol. The number of thiophene rings is 1. The van der Waals surface area contributed by atoms with Gasteiger partial charge < -0.3 is 10.2 Å². The molecule has 3 heterocycles. The number of likely N-dealkylation sites (tertiary alicyclic amines) is 1. The van der Waals surface area contributed by atoms with Gasteiger partial charge in [-0.1, -0.05) is 12.1 Å². The molecule has 0 saturated carbocycles. The maximum Gasteiger partial charge on any atom is 0.228 e. The molecule has 1 N–H and O–H groups in total. The van der Waals surface area contributed by atoms with E-state index < -0.39 is 0 Å². The van der Waals surface area contributed by atoms with Crippen LogP contribution in [0.4, 0.5) is 0 Å². The van der Waals surface area contributed by atoms with E-state index in [0.717, 1.165) is 35.5 Å². The highest BCUT2D eigenvalue weighted by atomic mass is 32.1. The fraction of sp³-hybridized carbons (Fsp3) is 0.389. The molecular formula is C18H21N3O2S. The van der Waals surface area contributed by atoms with Crippen molar-refractivity contribution in [2.45, 2.75) is 38.8 Å². The summed E-state index contributed by atoms with van der Waals surface area (Å²) in [5, 5.41) is 4.76. The first-order chi connectivity index (χ1) is 11.6. The van der Waals surface area contributed by atoms with E-state index in [0.29, 0.717) is 13.0 Å². The monoisotopic (exact) mass is 343 g/mol. The molecule has 0 spiro atoms. The largest absolute Gasteiger partial charge is 0.352 e. The minimum Gasteiger partial charge on any atom is -0.352 e. The number of nitrogens with zero attached hydrogens (tertiary/aromatic N) is 2. The minimum absolute atomic E-state index is 0.0554. The second-order valence-electron chi connectivity index (χ2n) is 6.00. The van der Waals surface area contributed by atoms with Crippen LogP contribution in [-0.2, 0) is 22.6 Å². The van der Waals surface area contributed by atoms with Crippen LogP contribution in [0.25, 0.3) is 0 Å². The standard InChI is InChI=1S/C18H21N3O2S/c1-13(22)19-11-14-6-7-16(20-12-14)17-5-2-8-21(17)18(23)10-15-4-3-9-24-15/h3-4,6-7,9,12,17H,2,5,8,10-11H2,1H3,(H,19,22). The van der Waals surface area contributed by atoms with Gasteiger partial charge in [-0.3, -0.25) is 14.6 Å². The van der Waals surface area contributed by atoms with Crippen molar-refractivity contribution in [3.8, 4) is 0 Å². The number of rotatable bonds is 5. The third-order valence-corrected chi connectivity index (χ3v) is 5.09. The average Bonchev–Trinajstić information content (AvgIpc) is 3.24. The Labute approximate surface area is 145 Å². The van der Waals surface area contributed by atoms with Gasteiger partial charge in [-0.05, 0) is 35.9 Å². The first-order valence-electron chi connectivity index (χ1n) is 8.14. The zero-order valence-corrected chi connectivity index (χ0v) is 14.5. The Bertz CT molecular complexity index is 698. The van der Waals surface area contributed by atoms with Crippen molar-refractivity contribution >= 4 is 23.2 Å². The SMILES string of the molecule is CC(=O)NCc1ccc(C2CCCN2C(=O)Cc2cccs2)nc1. The number of hydrogen-bond acceptors (Lipinski definition) is 4. The molecule has 0 bridgehead atoms. The van der Waals surface area contributed by atoms with Crippen molar-refractivity contribution in [1.82, 2.24) is 15.2 Å². The zero-order chi connectivity index (χ0) is 16.9. The maximum atomic E-state index is 12.6. The Balaban J connectivity index is 1.66. The van der Waals surface area contributed by atoms with E-state index in [1.54, 1.807) is 17.5 Å². The molecule has 0 radical (unpaired) electrons. The summed E-state index contributed by atoms with van der Waals surface area (Å²) in [4.78, 5) is 31.1. The predicted octanol–water partition coefficient (Wildman–Crippen LogP) is 2.69. The molecule has 2 aromatic heterocycles. The van der Waals surface area contributed by atoms with Gasteiger partial charge in [0, 0.05) is 31.1 Å². The van der Waals surface area contributed by atoms with E-state index in [2.05, 4.69) is 10.3 Å². The van der Waals surface area contributed by atoms with Crippen LogP contribution in [0.2, 0.25) is 0 Å². The molecule has 0 aliphatic carbocycles. The highest BCUT2D eigenvalue weighted by Crippen LogP contribution is 2.31. The second-order valence-corrected chi connectivity index (χ2v) is 7.03. The van der Waals surface area contributed by atoms with Crippen LogP contribution < -0.4 is 5.32 Å². The van der Waals surface area contributed by atoms with Crippen LogP contribution in [0, 0.1) is 0 Å². The normalized spacial score (nSPS) is 17.0. The van der Waals surface area contributed by atoms with Gasteiger partial charge >= 0.3 is 0 Å². The van der Waals surface area contributed by atoms with Crippen molar-refractivity contribution in [3.63, 3.8) is 0 Å². The van der Waals surface area contributed by atoms with Gasteiger partial charge in [0.05, 0.1) is 18.2 Å². The van der Waals surface area contributed by atoms with Gasteiger partial charge in [-0.2, -0.15) is 0 Å². The number of carbonyl (C=O) groups is 2. The molecule has 1 unspecified atom stereocenters. The lowest BCUT2D eigenvalue weighted by atomic mass is 10.1. The Morgan fingerprint density at radius 1 is 1.38 bits per heavy atom. The van der Waals surface area contributed by atoms with Gasteiger partial charge in [-0.15, -0.1) is 11.3 Å². The minimum atomic E-state index is -0.0554. The van der Waals surface area contributed by atoms with Crippen LogP contribution in [-0.4, -0.2) is 28.2 Å². The molecule has 3 rings (SSSR count). The molecule has 2 aromatic rings. The maximum absolute atomic E-state index is 12.6. The van der Waals surface area contributed by atoms with Crippen LogP contribution >= 0.6 is 11.3 Å². The highest BCUT2D eigenvalue weighted by molar-refractivity contribution is 7.10. The molecule has 1 saturated heterocycles.